The average molecular weight is 243 g/mol. The average Bonchev–Trinajstić information content (AvgIpc) is 2.46. The first-order valence-corrected chi connectivity index (χ1v) is 6.21. The molecule has 1 aromatic heterocycles. The van der Waals surface area contributed by atoms with Crippen LogP contribution in [0.2, 0.25) is 0 Å². The second-order valence-electron chi connectivity index (χ2n) is 5.05. The van der Waals surface area contributed by atoms with Gasteiger partial charge < -0.3 is 15.4 Å². The Labute approximate surface area is 102 Å². The monoisotopic (exact) mass is 243 g/mol. The third-order valence-corrected chi connectivity index (χ3v) is 2.96. The molecular weight excluding hydrogens is 222 g/mol. The minimum absolute atomic E-state index is 0.233. The molecule has 1 aromatic rings. The van der Waals surface area contributed by atoms with Crippen LogP contribution in [0.4, 0.5) is 10.8 Å². The van der Waals surface area contributed by atoms with E-state index in [-0.39, 0.29) is 5.41 Å². The number of nitrogens with two attached hydrogens (primary N) is 1. The van der Waals surface area contributed by atoms with Crippen LogP contribution in [0.3, 0.4) is 0 Å². The van der Waals surface area contributed by atoms with E-state index in [0.29, 0.717) is 12.4 Å². The van der Waals surface area contributed by atoms with Gasteiger partial charge in [-0.2, -0.15) is 4.37 Å². The van der Waals surface area contributed by atoms with Gasteiger partial charge in [0.2, 0.25) is 0 Å². The van der Waals surface area contributed by atoms with Gasteiger partial charge in [-0.15, -0.1) is 0 Å². The van der Waals surface area contributed by atoms with Gasteiger partial charge in [0.1, 0.15) is 0 Å². The number of anilines is 2. The number of ether oxygens (including phenoxy) is 1. The number of rotatable bonds is 4. The van der Waals surface area contributed by atoms with Gasteiger partial charge in [-0.1, -0.05) is 20.8 Å². The lowest BCUT2D eigenvalue weighted by Gasteiger charge is -2.27. The summed E-state index contributed by atoms with van der Waals surface area (Å²) >= 11 is 1.39. The summed E-state index contributed by atoms with van der Waals surface area (Å²) in [5.74, 6) is 1.21. The van der Waals surface area contributed by atoms with Gasteiger partial charge in [0.25, 0.3) is 0 Å². The highest BCUT2D eigenvalue weighted by Gasteiger charge is 2.20. The Kier molecular flexibility index (Phi) is 4.02. The highest BCUT2D eigenvalue weighted by molar-refractivity contribution is 7.11. The molecule has 0 aliphatic heterocycles. The van der Waals surface area contributed by atoms with Crippen molar-refractivity contribution < 1.29 is 4.74 Å². The second kappa shape index (κ2) is 4.91. The molecular formula is C11H21N3OS. The summed E-state index contributed by atoms with van der Waals surface area (Å²) < 4.78 is 9.66. The molecule has 0 unspecified atom stereocenters. The minimum Gasteiger partial charge on any atom is -0.487 e. The zero-order chi connectivity index (χ0) is 12.3. The molecule has 5 heteroatoms. The SMILES string of the molecule is CCOc1c(N)nsc1N(C)CC(C)(C)C. The Morgan fingerprint density at radius 3 is 2.56 bits per heavy atom. The van der Waals surface area contributed by atoms with E-state index in [4.69, 9.17) is 10.5 Å². The van der Waals surface area contributed by atoms with Crippen molar-refractivity contribution in [1.29, 1.82) is 0 Å². The van der Waals surface area contributed by atoms with Crippen molar-refractivity contribution in [2.75, 3.05) is 30.8 Å². The molecule has 1 heterocycles. The summed E-state index contributed by atoms with van der Waals surface area (Å²) in [5, 5.41) is 1.01. The molecule has 0 amide bonds. The van der Waals surface area contributed by atoms with Crippen LogP contribution < -0.4 is 15.4 Å². The van der Waals surface area contributed by atoms with Crippen molar-refractivity contribution in [2.45, 2.75) is 27.7 Å². The van der Waals surface area contributed by atoms with E-state index in [2.05, 4.69) is 30.0 Å². The van der Waals surface area contributed by atoms with E-state index < -0.39 is 0 Å². The third kappa shape index (κ3) is 3.27. The molecule has 1 rings (SSSR count). The predicted molar refractivity (Wildman–Crippen MR) is 70.4 cm³/mol. The first kappa shape index (κ1) is 13.1. The quantitative estimate of drug-likeness (QED) is 0.883. The van der Waals surface area contributed by atoms with E-state index in [1.807, 2.05) is 14.0 Å². The smallest absolute Gasteiger partial charge is 0.197 e. The molecule has 0 aliphatic rings. The van der Waals surface area contributed by atoms with Crippen molar-refractivity contribution in [1.82, 2.24) is 4.37 Å². The number of aromatic nitrogens is 1. The maximum atomic E-state index is 5.78. The molecule has 0 atom stereocenters. The number of hydrogen-bond acceptors (Lipinski definition) is 5. The van der Waals surface area contributed by atoms with Crippen molar-refractivity contribution >= 4 is 22.4 Å². The lowest BCUT2D eigenvalue weighted by Crippen LogP contribution is -2.28. The van der Waals surface area contributed by atoms with Gasteiger partial charge in [0, 0.05) is 13.6 Å². The van der Waals surface area contributed by atoms with Gasteiger partial charge in [0.05, 0.1) is 6.61 Å². The summed E-state index contributed by atoms with van der Waals surface area (Å²) in [4.78, 5) is 2.15. The Morgan fingerprint density at radius 2 is 2.06 bits per heavy atom. The molecule has 0 bridgehead atoms. The molecule has 0 fully saturated rings. The van der Waals surface area contributed by atoms with Crippen molar-refractivity contribution in [3.05, 3.63) is 0 Å². The molecule has 0 saturated heterocycles. The van der Waals surface area contributed by atoms with Crippen molar-refractivity contribution in [3.8, 4) is 5.75 Å². The van der Waals surface area contributed by atoms with Crippen LogP contribution in [0.5, 0.6) is 5.75 Å². The van der Waals surface area contributed by atoms with Gasteiger partial charge in [-0.3, -0.25) is 0 Å². The van der Waals surface area contributed by atoms with Crippen molar-refractivity contribution in [3.63, 3.8) is 0 Å². The van der Waals surface area contributed by atoms with Crippen LogP contribution in [0, 0.1) is 5.41 Å². The molecule has 0 aliphatic carbocycles. The second-order valence-corrected chi connectivity index (χ2v) is 5.80. The van der Waals surface area contributed by atoms with E-state index in [1.165, 1.54) is 11.5 Å². The molecule has 0 radical (unpaired) electrons. The summed E-state index contributed by atoms with van der Waals surface area (Å²) in [7, 11) is 2.04. The highest BCUT2D eigenvalue weighted by Crippen LogP contribution is 2.38. The topological polar surface area (TPSA) is 51.4 Å². The number of hydrogen-bond donors (Lipinski definition) is 1. The Bertz CT molecular complexity index is 343. The van der Waals surface area contributed by atoms with Gasteiger partial charge in [-0.25, -0.2) is 0 Å². The van der Waals surface area contributed by atoms with Gasteiger partial charge in [0.15, 0.2) is 16.6 Å². The van der Waals surface area contributed by atoms with Crippen LogP contribution in [0.15, 0.2) is 0 Å². The molecule has 0 aromatic carbocycles. The molecule has 16 heavy (non-hydrogen) atoms. The summed E-state index contributed by atoms with van der Waals surface area (Å²) in [5.41, 5.74) is 6.01. The third-order valence-electron chi connectivity index (χ3n) is 2.00. The molecule has 2 N–H and O–H groups in total. The van der Waals surface area contributed by atoms with Crippen LogP contribution >= 0.6 is 11.5 Å². The summed E-state index contributed by atoms with van der Waals surface area (Å²) in [6.07, 6.45) is 0. The predicted octanol–water partition coefficient (Wildman–Crippen LogP) is 2.61. The van der Waals surface area contributed by atoms with Crippen molar-refractivity contribution in [2.24, 2.45) is 5.41 Å². The van der Waals surface area contributed by atoms with E-state index in [9.17, 15) is 0 Å². The Hall–Kier alpha value is -0.970. The zero-order valence-electron chi connectivity index (χ0n) is 10.7. The standard InChI is InChI=1S/C11H21N3OS/c1-6-15-8-9(12)13-16-10(8)14(5)7-11(2,3)4/h6-7H2,1-5H3,(H2,12,13). The van der Waals surface area contributed by atoms with Crippen LogP contribution in [0.25, 0.3) is 0 Å². The number of nitrogen functional groups attached to an aromatic ring is 1. The van der Waals surface area contributed by atoms with E-state index >= 15 is 0 Å². The molecule has 92 valence electrons. The summed E-state index contributed by atoms with van der Waals surface area (Å²) in [6.45, 7) is 10.1. The van der Waals surface area contributed by atoms with Gasteiger partial charge >= 0.3 is 0 Å². The lowest BCUT2D eigenvalue weighted by atomic mass is 9.96. The zero-order valence-corrected chi connectivity index (χ0v) is 11.5. The van der Waals surface area contributed by atoms with Crippen LogP contribution in [-0.2, 0) is 0 Å². The van der Waals surface area contributed by atoms with Crippen LogP contribution in [0.1, 0.15) is 27.7 Å². The fourth-order valence-corrected chi connectivity index (χ4v) is 2.31. The minimum atomic E-state index is 0.233. The van der Waals surface area contributed by atoms with E-state index in [1.54, 1.807) is 0 Å². The van der Waals surface area contributed by atoms with Crippen LogP contribution in [-0.4, -0.2) is 24.6 Å². The lowest BCUT2D eigenvalue weighted by molar-refractivity contribution is 0.341. The first-order valence-electron chi connectivity index (χ1n) is 5.44. The Morgan fingerprint density at radius 1 is 1.44 bits per heavy atom. The normalized spacial score (nSPS) is 11.6. The molecule has 0 saturated carbocycles. The molecule has 4 nitrogen and oxygen atoms in total. The maximum absolute atomic E-state index is 5.78. The fraction of sp³-hybridized carbons (Fsp3) is 0.727. The van der Waals surface area contributed by atoms with E-state index in [0.717, 1.165) is 17.3 Å². The van der Waals surface area contributed by atoms with Gasteiger partial charge in [-0.05, 0) is 23.9 Å². The largest absolute Gasteiger partial charge is 0.487 e. The maximum Gasteiger partial charge on any atom is 0.197 e. The molecule has 0 spiro atoms. The first-order chi connectivity index (χ1) is 7.35. The summed E-state index contributed by atoms with van der Waals surface area (Å²) in [6, 6.07) is 0. The fourth-order valence-electron chi connectivity index (χ4n) is 1.59. The Balaban J connectivity index is 2.86. The number of nitrogens with zero attached hydrogens (tertiary/aromatic N) is 2. The highest BCUT2D eigenvalue weighted by atomic mass is 32.1.